The summed E-state index contributed by atoms with van der Waals surface area (Å²) in [6.45, 7) is 7.78. The van der Waals surface area contributed by atoms with Gasteiger partial charge in [-0.2, -0.15) is 13.2 Å². The van der Waals surface area contributed by atoms with Crippen LogP contribution in [0.5, 0.6) is 0 Å². The lowest BCUT2D eigenvalue weighted by atomic mass is 9.68. The maximum atomic E-state index is 15.1. The van der Waals surface area contributed by atoms with Gasteiger partial charge in [-0.05, 0) is 61.6 Å². The largest absolute Gasteiger partial charge is 0.501 e. The van der Waals surface area contributed by atoms with Crippen molar-refractivity contribution in [2.24, 2.45) is 0 Å². The number of rotatable bonds is 8. The van der Waals surface area contributed by atoms with E-state index < -0.39 is 49.6 Å². The molecule has 0 aliphatic carbocycles. The lowest BCUT2D eigenvalue weighted by Crippen LogP contribution is -2.56. The number of nitrogens with one attached hydrogen (secondary N) is 1. The van der Waals surface area contributed by atoms with Crippen molar-refractivity contribution in [3.05, 3.63) is 83.4 Å². The van der Waals surface area contributed by atoms with E-state index in [0.29, 0.717) is 75.6 Å². The zero-order chi connectivity index (χ0) is 39.2. The van der Waals surface area contributed by atoms with Crippen molar-refractivity contribution < 1.29 is 40.8 Å². The molecule has 3 aliphatic heterocycles. The van der Waals surface area contributed by atoms with Crippen LogP contribution in [0, 0.1) is 0 Å². The molecule has 14 nitrogen and oxygen atoms in total. The number of carbonyl (C=O) groups excluding carboxylic acids is 4. The second-order valence-electron chi connectivity index (χ2n) is 13.9. The van der Waals surface area contributed by atoms with Crippen molar-refractivity contribution in [1.82, 2.24) is 34.9 Å². The number of halogens is 3. The molecule has 3 saturated heterocycles. The van der Waals surface area contributed by atoms with Gasteiger partial charge in [0.25, 0.3) is 27.6 Å². The third-order valence-corrected chi connectivity index (χ3v) is 12.3. The first-order chi connectivity index (χ1) is 25.5. The highest BCUT2D eigenvalue weighted by Gasteiger charge is 2.60. The summed E-state index contributed by atoms with van der Waals surface area (Å²) < 4.78 is 64.1. The number of imide groups is 1. The second kappa shape index (κ2) is 14.7. The average molecular weight is 771 g/mol. The highest BCUT2D eigenvalue weighted by molar-refractivity contribution is 7.92. The van der Waals surface area contributed by atoms with Crippen molar-refractivity contribution in [1.29, 1.82) is 0 Å². The zero-order valence-corrected chi connectivity index (χ0v) is 31.0. The number of benzene rings is 1. The Kier molecular flexibility index (Phi) is 10.6. The van der Waals surface area contributed by atoms with Gasteiger partial charge in [-0.25, -0.2) is 18.1 Å². The molecular weight excluding hydrogens is 730 g/mol. The molecule has 1 aromatic carbocycles. The number of urea groups is 1. The SMILES string of the molecule is CC(c1ccncc1C(=O)N1CCN(C)CC1)C1(C(C)c2ccncc2C(=O)N2CCN(C)CC2)NC(=O)N(c2ccc(S(=O)(=O)C(F)(F)F)cc2)C1=O. The first-order valence-corrected chi connectivity index (χ1v) is 18.9. The van der Waals surface area contributed by atoms with Crippen LogP contribution >= 0.6 is 0 Å². The molecule has 6 rings (SSSR count). The van der Waals surface area contributed by atoms with Crippen LogP contribution in [0.2, 0.25) is 0 Å². The summed E-state index contributed by atoms with van der Waals surface area (Å²) in [6.07, 6.45) is 5.77. The Bertz CT molecular complexity index is 1970. The van der Waals surface area contributed by atoms with Crippen LogP contribution in [0.15, 0.2) is 66.1 Å². The van der Waals surface area contributed by atoms with Gasteiger partial charge in [-0.1, -0.05) is 13.8 Å². The van der Waals surface area contributed by atoms with Crippen molar-refractivity contribution in [2.45, 2.75) is 41.6 Å². The third kappa shape index (κ3) is 6.81. The number of alkyl halides is 3. The number of amides is 5. The zero-order valence-electron chi connectivity index (χ0n) is 30.2. The number of aromatic nitrogens is 2. The van der Waals surface area contributed by atoms with E-state index in [2.05, 4.69) is 25.1 Å². The van der Waals surface area contributed by atoms with Crippen molar-refractivity contribution in [3.63, 3.8) is 0 Å². The monoisotopic (exact) mass is 770 g/mol. The van der Waals surface area contributed by atoms with Gasteiger partial charge < -0.3 is 24.9 Å². The summed E-state index contributed by atoms with van der Waals surface area (Å²) in [5.41, 5.74) is -6.44. The highest BCUT2D eigenvalue weighted by Crippen LogP contribution is 2.46. The number of anilines is 1. The molecule has 2 unspecified atom stereocenters. The number of sulfone groups is 1. The Morgan fingerprint density at radius 3 is 1.57 bits per heavy atom. The van der Waals surface area contributed by atoms with E-state index in [1.54, 1.807) is 35.8 Å². The molecule has 0 spiro atoms. The van der Waals surface area contributed by atoms with Gasteiger partial charge in [-0.15, -0.1) is 0 Å². The predicted molar refractivity (Wildman–Crippen MR) is 191 cm³/mol. The van der Waals surface area contributed by atoms with Gasteiger partial charge in [0.1, 0.15) is 5.54 Å². The lowest BCUT2D eigenvalue weighted by Gasteiger charge is -2.40. The van der Waals surface area contributed by atoms with Crippen LogP contribution in [0.25, 0.3) is 0 Å². The third-order valence-electron chi connectivity index (χ3n) is 10.8. The summed E-state index contributed by atoms with van der Waals surface area (Å²) in [7, 11) is -1.80. The Labute approximate surface area is 310 Å². The molecule has 18 heteroatoms. The number of carbonyl (C=O) groups is 4. The molecule has 2 aromatic heterocycles. The molecule has 0 bridgehead atoms. The molecule has 5 heterocycles. The van der Waals surface area contributed by atoms with E-state index in [-0.39, 0.29) is 28.6 Å². The molecule has 54 heavy (non-hydrogen) atoms. The number of hydrogen-bond donors (Lipinski definition) is 1. The maximum absolute atomic E-state index is 15.1. The van der Waals surface area contributed by atoms with E-state index in [9.17, 15) is 36.0 Å². The quantitative estimate of drug-likeness (QED) is 0.338. The fourth-order valence-electron chi connectivity index (χ4n) is 7.44. The Morgan fingerprint density at radius 2 is 1.17 bits per heavy atom. The smallest absolute Gasteiger partial charge is 0.336 e. The number of pyridine rings is 2. The number of hydrogen-bond acceptors (Lipinski definition) is 10. The Balaban J connectivity index is 1.46. The first-order valence-electron chi connectivity index (χ1n) is 17.4. The van der Waals surface area contributed by atoms with E-state index in [1.807, 2.05) is 14.1 Å². The fourth-order valence-corrected chi connectivity index (χ4v) is 8.20. The topological polar surface area (TPSA) is 156 Å². The van der Waals surface area contributed by atoms with E-state index in [0.717, 1.165) is 17.0 Å². The average Bonchev–Trinajstić information content (AvgIpc) is 3.43. The summed E-state index contributed by atoms with van der Waals surface area (Å²) in [5, 5.41) is 2.87. The molecule has 2 atom stereocenters. The van der Waals surface area contributed by atoms with Gasteiger partial charge in [0.2, 0.25) is 0 Å². The number of likely N-dealkylation sites (N-methyl/N-ethyl adjacent to an activating group) is 2. The summed E-state index contributed by atoms with van der Waals surface area (Å²) >= 11 is 0. The second-order valence-corrected chi connectivity index (χ2v) is 15.9. The van der Waals surface area contributed by atoms with Gasteiger partial charge in [0.05, 0.1) is 21.7 Å². The fraction of sp³-hybridized carbons (Fsp3) is 0.444. The highest BCUT2D eigenvalue weighted by atomic mass is 32.2. The predicted octanol–water partition coefficient (Wildman–Crippen LogP) is 2.95. The minimum absolute atomic E-state index is 0.188. The van der Waals surface area contributed by atoms with Crippen LogP contribution in [0.1, 0.15) is 57.5 Å². The summed E-state index contributed by atoms with van der Waals surface area (Å²) in [6, 6.07) is 5.52. The first kappa shape index (κ1) is 38.8. The van der Waals surface area contributed by atoms with Crippen molar-refractivity contribution in [2.75, 3.05) is 71.4 Å². The normalized spacial score (nSPS) is 21.6. The van der Waals surface area contributed by atoms with Crippen LogP contribution < -0.4 is 10.2 Å². The van der Waals surface area contributed by atoms with Gasteiger partial charge >= 0.3 is 11.5 Å². The molecule has 3 aromatic rings. The van der Waals surface area contributed by atoms with Crippen LogP contribution in [0.3, 0.4) is 0 Å². The molecule has 0 saturated carbocycles. The standard InChI is InChI=1S/C36H41F3N8O6S/c1-23(27-9-11-40-21-29(27)31(48)45-17-13-43(3)14-18-45)35(24(2)28-10-12-41-22-30(28)32(49)46-19-15-44(4)16-20-46)33(50)47(34(51)42-35)25-5-7-26(8-6-25)54(52,53)36(37,38)39/h5-12,21-24H,13-20H2,1-4H3,(H,42,51). The van der Waals surface area contributed by atoms with Gasteiger partial charge in [-0.3, -0.25) is 24.4 Å². The van der Waals surface area contributed by atoms with Gasteiger partial charge in [0, 0.05) is 89.0 Å². The number of piperazine rings is 2. The maximum Gasteiger partial charge on any atom is 0.501 e. The molecular formula is C36H41F3N8O6S. The van der Waals surface area contributed by atoms with Crippen molar-refractivity contribution >= 4 is 39.3 Å². The molecule has 3 fully saturated rings. The summed E-state index contributed by atoms with van der Waals surface area (Å²) in [5.74, 6) is -3.39. The Hall–Kier alpha value is -4.94. The van der Waals surface area contributed by atoms with Crippen LogP contribution in [0.4, 0.5) is 23.7 Å². The van der Waals surface area contributed by atoms with E-state index >= 15 is 4.79 Å². The van der Waals surface area contributed by atoms with Crippen LogP contribution in [-0.2, 0) is 14.6 Å². The molecule has 5 amide bonds. The number of nitrogens with zero attached hydrogens (tertiary/aromatic N) is 7. The minimum atomic E-state index is -5.71. The molecule has 288 valence electrons. The van der Waals surface area contributed by atoms with Gasteiger partial charge in [0.15, 0.2) is 0 Å². The molecule has 0 radical (unpaired) electrons. The molecule has 3 aliphatic rings. The van der Waals surface area contributed by atoms with Crippen LogP contribution in [-0.4, -0.2) is 139 Å². The minimum Gasteiger partial charge on any atom is -0.336 e. The lowest BCUT2D eigenvalue weighted by molar-refractivity contribution is -0.123. The molecule has 1 N–H and O–H groups in total. The van der Waals surface area contributed by atoms with E-state index in [4.69, 9.17) is 0 Å². The summed E-state index contributed by atoms with van der Waals surface area (Å²) in [4.78, 5) is 72.8. The van der Waals surface area contributed by atoms with Crippen molar-refractivity contribution in [3.8, 4) is 0 Å². The van der Waals surface area contributed by atoms with E-state index in [1.165, 1.54) is 24.8 Å². The Morgan fingerprint density at radius 1 is 0.741 bits per heavy atom.